The molecule has 76 heavy (non-hydrogen) atoms. The van der Waals surface area contributed by atoms with Crippen LogP contribution in [0.3, 0.4) is 0 Å². The predicted octanol–water partition coefficient (Wildman–Crippen LogP) is 1.66. The summed E-state index contributed by atoms with van der Waals surface area (Å²) in [6.45, 7) is 13.1. The lowest BCUT2D eigenvalue weighted by atomic mass is 9.84. The lowest BCUT2D eigenvalue weighted by Crippen LogP contribution is -2.37. The summed E-state index contributed by atoms with van der Waals surface area (Å²) in [5, 5.41) is 49.2. The molecule has 426 valence electrons. The van der Waals surface area contributed by atoms with Gasteiger partial charge in [-0.05, 0) is 57.1 Å². The minimum absolute atomic E-state index is 0.0218. The molecule has 0 bridgehead atoms. The fourth-order valence-corrected chi connectivity index (χ4v) is 11.4. The van der Waals surface area contributed by atoms with Crippen molar-refractivity contribution >= 4 is 52.3 Å². The minimum atomic E-state index is -4.73. The first kappa shape index (κ1) is 61.5. The highest BCUT2D eigenvalue weighted by atomic mass is 31.2. The Labute approximate surface area is 437 Å². The van der Waals surface area contributed by atoms with Gasteiger partial charge < -0.3 is 79.9 Å². The monoisotopic (exact) mass is 1140 g/mol. The van der Waals surface area contributed by atoms with E-state index in [9.17, 15) is 43.7 Å². The number of carbonyl (C=O) groups is 2. The molecule has 2 aromatic rings. The Bertz CT molecular complexity index is 2570. The molecule has 6 aliphatic rings. The summed E-state index contributed by atoms with van der Waals surface area (Å²) in [4.78, 5) is 88.3. The zero-order valence-electron chi connectivity index (χ0n) is 42.0. The number of aromatic nitrogens is 4. The SMILES string of the molecule is C=C1NC(=O)C=CC1[C@@H]1C[C@H](COP(=O)(O)O)[C@@H](O)C1O.C=C1NC(=O)C=CC1[C@@H]1C[C@H](COP(=O)(O)O)[C@H]2OC(C)(C)OC12.CCCCCCCCNc1ncnc2c1ncn2[C@@H]1O[C@H](COP(=O)(O)O)[C@@H](O)[C@H]1O. The van der Waals surface area contributed by atoms with Crippen LogP contribution in [0.5, 0.6) is 0 Å². The topological polar surface area (TPSA) is 423 Å². The standard InChI is InChI=1S/C18H30N5O7P.C15H22NO7P.C12H18NO7P/c1-2-3-4-5-6-7-8-19-16-13-17(21-10-20-16)23(11-22-13)18-15(25)14(24)12(30-18)9-29-31(26,27)28;1-8-10(4-5-12(17)16-8)11-6-9(7-21-24(18,19)20)13-14(11)23-15(2,3)22-13;1-6-8(2-3-10(14)13-6)9-4-7(11(15)12(9)16)5-20-21(17,18)19/h10-12,14-15,18,24-25H,2-9H2,1H3,(H,19,20,21)(H2,26,27,28);4-5,9-11,13-14H,1,6-7H2,2-3H3,(H,16,17)(H2,18,19,20);2-3,7-9,11-12,15-16H,1,4-5H2,(H,13,14)(H2,17,18,19)/t12-,14-,15-,18-;9-,10?,11+,13-,14?;7-,8?,9+,11-,12?/m111/s1. The third-order valence-electron chi connectivity index (χ3n) is 13.8. The maximum absolute atomic E-state index is 11.4. The molecule has 6 heterocycles. The third-order valence-corrected chi connectivity index (χ3v) is 15.2. The molecule has 31 heteroatoms. The molecule has 2 saturated carbocycles. The fourth-order valence-electron chi connectivity index (χ4n) is 10.2. The van der Waals surface area contributed by atoms with E-state index >= 15 is 0 Å². The number of nitrogens with zero attached hydrogens (tertiary/aromatic N) is 4. The van der Waals surface area contributed by atoms with Crippen LogP contribution < -0.4 is 16.0 Å². The molecule has 0 aromatic carbocycles. The summed E-state index contributed by atoms with van der Waals surface area (Å²) in [5.41, 5.74) is 1.91. The molecule has 4 unspecified atom stereocenters. The van der Waals surface area contributed by atoms with Gasteiger partial charge in [0.25, 0.3) is 0 Å². The van der Waals surface area contributed by atoms with Crippen LogP contribution >= 0.6 is 23.5 Å². The summed E-state index contributed by atoms with van der Waals surface area (Å²) < 4.78 is 65.1. The van der Waals surface area contributed by atoms with Crippen LogP contribution in [0.1, 0.15) is 78.4 Å². The van der Waals surface area contributed by atoms with Crippen molar-refractivity contribution in [1.82, 2.24) is 30.2 Å². The molecule has 4 fully saturated rings. The number of aliphatic hydroxyl groups excluding tert-OH is 4. The minimum Gasteiger partial charge on any atom is -0.390 e. The smallest absolute Gasteiger partial charge is 0.390 e. The number of amides is 2. The number of phosphoric acid groups is 3. The molecule has 28 nitrogen and oxygen atoms in total. The molecule has 0 spiro atoms. The second-order valence-electron chi connectivity index (χ2n) is 19.8. The van der Waals surface area contributed by atoms with Gasteiger partial charge >= 0.3 is 23.5 Å². The van der Waals surface area contributed by atoms with Crippen molar-refractivity contribution in [1.29, 1.82) is 0 Å². The lowest BCUT2D eigenvalue weighted by Gasteiger charge is -2.30. The molecule has 4 aliphatic heterocycles. The van der Waals surface area contributed by atoms with Crippen LogP contribution in [-0.4, -0.2) is 156 Å². The van der Waals surface area contributed by atoms with Crippen molar-refractivity contribution in [2.75, 3.05) is 31.7 Å². The van der Waals surface area contributed by atoms with Gasteiger partial charge in [0.05, 0.1) is 50.6 Å². The van der Waals surface area contributed by atoms with Crippen molar-refractivity contribution in [3.63, 3.8) is 0 Å². The van der Waals surface area contributed by atoms with Gasteiger partial charge in [0, 0.05) is 41.6 Å². The van der Waals surface area contributed by atoms with Crippen LogP contribution in [-0.2, 0) is 51.1 Å². The number of rotatable bonds is 20. The van der Waals surface area contributed by atoms with Gasteiger partial charge in [0.15, 0.2) is 29.0 Å². The number of phosphoric ester groups is 3. The average molecular weight is 1140 g/mol. The van der Waals surface area contributed by atoms with Crippen molar-refractivity contribution < 1.29 is 101 Å². The molecule has 14 atom stereocenters. The van der Waals surface area contributed by atoms with E-state index in [4.69, 9.17) is 48.1 Å². The van der Waals surface area contributed by atoms with E-state index in [1.54, 1.807) is 26.0 Å². The number of ether oxygens (including phenoxy) is 3. The first-order chi connectivity index (χ1) is 35.6. The number of unbranched alkanes of at least 4 members (excludes halogenated alkanes) is 5. The van der Waals surface area contributed by atoms with Crippen LogP contribution in [0.2, 0.25) is 0 Å². The van der Waals surface area contributed by atoms with Gasteiger partial charge in [-0.15, -0.1) is 0 Å². The van der Waals surface area contributed by atoms with E-state index in [0.717, 1.165) is 19.4 Å². The Balaban J connectivity index is 0.000000189. The second-order valence-corrected chi connectivity index (χ2v) is 23.5. The molecule has 8 rings (SSSR count). The Kier molecular flexibility index (Phi) is 21.1. The molecule has 2 aromatic heterocycles. The van der Waals surface area contributed by atoms with E-state index in [1.807, 2.05) is 0 Å². The summed E-state index contributed by atoms with van der Waals surface area (Å²) >= 11 is 0. The highest BCUT2D eigenvalue weighted by Crippen LogP contribution is 2.51. The summed E-state index contributed by atoms with van der Waals surface area (Å²) in [7, 11) is -13.9. The molecule has 2 saturated heterocycles. The number of hydrogen-bond acceptors (Lipinski definition) is 19. The number of anilines is 1. The average Bonchev–Trinajstić information content (AvgIpc) is 4.12. The van der Waals surface area contributed by atoms with Crippen molar-refractivity contribution in [2.45, 2.75) is 127 Å². The summed E-state index contributed by atoms with van der Waals surface area (Å²) in [5.74, 6) is -2.43. The number of carbonyl (C=O) groups excluding carboxylic acids is 2. The van der Waals surface area contributed by atoms with Gasteiger partial charge in [0.2, 0.25) is 11.8 Å². The Morgan fingerprint density at radius 1 is 0.711 bits per heavy atom. The number of allylic oxidation sites excluding steroid dienone is 2. The van der Waals surface area contributed by atoms with Gasteiger partial charge in [-0.25, -0.2) is 28.6 Å². The zero-order valence-corrected chi connectivity index (χ0v) is 44.7. The maximum Gasteiger partial charge on any atom is 0.469 e. The second kappa shape index (κ2) is 26.1. The number of hydrogen-bond donors (Lipinski definition) is 13. The van der Waals surface area contributed by atoms with E-state index < -0.39 is 84.4 Å². The Morgan fingerprint density at radius 2 is 1.25 bits per heavy atom. The number of nitrogens with one attached hydrogen (secondary N) is 3. The van der Waals surface area contributed by atoms with Crippen LogP contribution in [0.4, 0.5) is 5.82 Å². The van der Waals surface area contributed by atoms with Crippen molar-refractivity contribution in [2.24, 2.45) is 35.5 Å². The van der Waals surface area contributed by atoms with Crippen molar-refractivity contribution in [3.05, 3.63) is 61.5 Å². The molecular formula is C45H70N7O21P3. The first-order valence-electron chi connectivity index (χ1n) is 24.7. The summed E-state index contributed by atoms with van der Waals surface area (Å²) in [6, 6.07) is 0. The zero-order chi connectivity index (χ0) is 55.9. The van der Waals surface area contributed by atoms with E-state index in [-0.39, 0.29) is 60.9 Å². The number of imidazole rings is 1. The van der Waals surface area contributed by atoms with Crippen LogP contribution in [0.15, 0.2) is 61.5 Å². The Morgan fingerprint density at radius 3 is 1.84 bits per heavy atom. The Hall–Kier alpha value is -3.70. The van der Waals surface area contributed by atoms with Crippen molar-refractivity contribution in [3.8, 4) is 0 Å². The van der Waals surface area contributed by atoms with Gasteiger partial charge in [-0.1, -0.05) is 64.3 Å². The molecule has 2 aliphatic carbocycles. The summed E-state index contributed by atoms with van der Waals surface area (Å²) in [6.07, 6.45) is 9.18. The largest absolute Gasteiger partial charge is 0.469 e. The van der Waals surface area contributed by atoms with E-state index in [1.165, 1.54) is 55.1 Å². The van der Waals surface area contributed by atoms with Crippen LogP contribution in [0, 0.1) is 35.5 Å². The van der Waals surface area contributed by atoms with Gasteiger partial charge in [0.1, 0.15) is 24.6 Å². The highest BCUT2D eigenvalue weighted by molar-refractivity contribution is 7.46. The predicted molar refractivity (Wildman–Crippen MR) is 266 cm³/mol. The molecule has 0 radical (unpaired) electrons. The highest BCUT2D eigenvalue weighted by Gasteiger charge is 2.56. The quantitative estimate of drug-likeness (QED) is 0.0662. The van der Waals surface area contributed by atoms with E-state index in [2.05, 4.69) is 60.0 Å². The third kappa shape index (κ3) is 16.7. The molecular weight excluding hydrogens is 1070 g/mol. The van der Waals surface area contributed by atoms with Gasteiger partial charge in [-0.2, -0.15) is 0 Å². The molecule has 13 N–H and O–H groups in total. The fraction of sp³-hybridized carbons (Fsp3) is 0.667. The number of aliphatic hydroxyl groups is 4. The number of fused-ring (bicyclic) bond motifs is 2. The van der Waals surface area contributed by atoms with Crippen LogP contribution in [0.25, 0.3) is 11.2 Å². The maximum atomic E-state index is 11.4. The van der Waals surface area contributed by atoms with E-state index in [0.29, 0.717) is 41.2 Å². The lowest BCUT2D eigenvalue weighted by molar-refractivity contribution is -0.163. The molecule has 2 amide bonds. The normalized spacial score (nSPS) is 32.1. The van der Waals surface area contributed by atoms with Gasteiger partial charge in [-0.3, -0.25) is 27.7 Å². The first-order valence-corrected chi connectivity index (χ1v) is 29.3.